The lowest BCUT2D eigenvalue weighted by Gasteiger charge is -2.02. The van der Waals surface area contributed by atoms with Gasteiger partial charge in [-0.2, -0.15) is 20.0 Å². The van der Waals surface area contributed by atoms with Gasteiger partial charge in [-0.05, 0) is 35.0 Å². The van der Waals surface area contributed by atoms with Gasteiger partial charge >= 0.3 is 0 Å². The van der Waals surface area contributed by atoms with Crippen LogP contribution in [0.5, 0.6) is 0 Å². The SMILES string of the molecule is S=c1[nH]nc(-c2cc(-c3ccccc3)n[nH]2)n1N=Cc1ccc(-c2ccccc2)cc1. The predicted octanol–water partition coefficient (Wildman–Crippen LogP) is 5.55. The molecule has 5 rings (SSSR count). The first-order valence-corrected chi connectivity index (χ1v) is 10.2. The number of rotatable bonds is 5. The highest BCUT2D eigenvalue weighted by molar-refractivity contribution is 7.71. The number of nitrogens with one attached hydrogen (secondary N) is 2. The summed E-state index contributed by atoms with van der Waals surface area (Å²) >= 11 is 5.37. The van der Waals surface area contributed by atoms with Crippen molar-refractivity contribution < 1.29 is 0 Å². The zero-order chi connectivity index (χ0) is 21.0. The summed E-state index contributed by atoms with van der Waals surface area (Å²) in [5.41, 5.74) is 5.87. The fourth-order valence-corrected chi connectivity index (χ4v) is 3.46. The van der Waals surface area contributed by atoms with E-state index in [0.29, 0.717) is 10.6 Å². The van der Waals surface area contributed by atoms with Crippen LogP contribution in [0, 0.1) is 4.77 Å². The average Bonchev–Trinajstić information content (AvgIpc) is 3.46. The standard InChI is InChI=1S/C24H18N6S/c31-24-29-28-23(22-15-21(26-27-22)20-9-5-2-6-10-20)30(24)25-16-17-11-13-19(14-12-17)18-7-3-1-4-8-18/h1-16H,(H,26,27)(H,29,31). The molecule has 0 amide bonds. The fourth-order valence-electron chi connectivity index (χ4n) is 3.28. The van der Waals surface area contributed by atoms with Crippen LogP contribution in [-0.4, -0.2) is 31.3 Å². The van der Waals surface area contributed by atoms with Crippen LogP contribution < -0.4 is 0 Å². The van der Waals surface area contributed by atoms with E-state index < -0.39 is 0 Å². The molecule has 0 aliphatic heterocycles. The Labute approximate surface area is 183 Å². The summed E-state index contributed by atoms with van der Waals surface area (Å²) in [6, 6.07) is 30.4. The molecule has 6 nitrogen and oxygen atoms in total. The second kappa shape index (κ2) is 8.33. The van der Waals surface area contributed by atoms with Gasteiger partial charge in [0, 0.05) is 5.56 Å². The van der Waals surface area contributed by atoms with Crippen LogP contribution in [0.15, 0.2) is 96.1 Å². The van der Waals surface area contributed by atoms with Crippen LogP contribution in [-0.2, 0) is 0 Å². The van der Waals surface area contributed by atoms with Crippen LogP contribution in [0.25, 0.3) is 33.9 Å². The van der Waals surface area contributed by atoms with E-state index in [2.05, 4.69) is 49.8 Å². The van der Waals surface area contributed by atoms with E-state index >= 15 is 0 Å². The van der Waals surface area contributed by atoms with E-state index in [4.69, 9.17) is 12.2 Å². The molecule has 5 aromatic rings. The molecule has 3 aromatic carbocycles. The summed E-state index contributed by atoms with van der Waals surface area (Å²) in [4.78, 5) is 0. The number of hydrogen-bond donors (Lipinski definition) is 2. The smallest absolute Gasteiger partial charge is 0.216 e. The summed E-state index contributed by atoms with van der Waals surface area (Å²) in [7, 11) is 0. The Bertz CT molecular complexity index is 1380. The van der Waals surface area contributed by atoms with Gasteiger partial charge in [-0.1, -0.05) is 84.9 Å². The first-order chi connectivity index (χ1) is 15.3. The van der Waals surface area contributed by atoms with Crippen molar-refractivity contribution in [2.24, 2.45) is 5.10 Å². The van der Waals surface area contributed by atoms with Gasteiger partial charge in [0.05, 0.1) is 11.9 Å². The molecular formula is C24H18N6S. The molecule has 2 heterocycles. The van der Waals surface area contributed by atoms with Crippen LogP contribution >= 0.6 is 12.2 Å². The quantitative estimate of drug-likeness (QED) is 0.288. The number of nitrogens with zero attached hydrogens (tertiary/aromatic N) is 4. The van der Waals surface area contributed by atoms with Gasteiger partial charge in [0.15, 0.2) is 0 Å². The van der Waals surface area contributed by atoms with Gasteiger partial charge in [0.1, 0.15) is 5.69 Å². The van der Waals surface area contributed by atoms with Gasteiger partial charge in [0.2, 0.25) is 10.6 Å². The lowest BCUT2D eigenvalue weighted by atomic mass is 10.0. The molecule has 7 heteroatoms. The predicted molar refractivity (Wildman–Crippen MR) is 125 cm³/mol. The molecule has 0 aliphatic carbocycles. The van der Waals surface area contributed by atoms with E-state index in [1.807, 2.05) is 66.7 Å². The molecule has 31 heavy (non-hydrogen) atoms. The summed E-state index contributed by atoms with van der Waals surface area (Å²) < 4.78 is 1.99. The zero-order valence-corrected chi connectivity index (χ0v) is 17.3. The van der Waals surface area contributed by atoms with Gasteiger partial charge in [-0.25, -0.2) is 5.10 Å². The molecule has 150 valence electrons. The molecule has 0 fully saturated rings. The summed E-state index contributed by atoms with van der Waals surface area (Å²) in [5, 5.41) is 19.1. The van der Waals surface area contributed by atoms with Crippen molar-refractivity contribution in [2.75, 3.05) is 0 Å². The number of aromatic nitrogens is 5. The van der Waals surface area contributed by atoms with Gasteiger partial charge in [-0.15, -0.1) is 0 Å². The monoisotopic (exact) mass is 422 g/mol. The maximum Gasteiger partial charge on any atom is 0.216 e. The third-order valence-electron chi connectivity index (χ3n) is 4.88. The van der Waals surface area contributed by atoms with E-state index in [9.17, 15) is 0 Å². The third-order valence-corrected chi connectivity index (χ3v) is 5.14. The number of hydrogen-bond acceptors (Lipinski definition) is 4. The van der Waals surface area contributed by atoms with E-state index in [1.54, 1.807) is 10.9 Å². The molecular weight excluding hydrogens is 404 g/mol. The van der Waals surface area contributed by atoms with Crippen molar-refractivity contribution in [2.45, 2.75) is 0 Å². The highest BCUT2D eigenvalue weighted by Crippen LogP contribution is 2.23. The summed E-state index contributed by atoms with van der Waals surface area (Å²) in [5.74, 6) is 0.567. The molecule has 0 radical (unpaired) electrons. The minimum Gasteiger partial charge on any atom is -0.274 e. The van der Waals surface area contributed by atoms with Gasteiger partial charge in [-0.3, -0.25) is 5.10 Å². The normalized spacial score (nSPS) is 11.2. The Kier molecular flexibility index (Phi) is 5.08. The first-order valence-electron chi connectivity index (χ1n) is 9.76. The molecule has 0 spiro atoms. The molecule has 0 unspecified atom stereocenters. The maximum atomic E-state index is 5.37. The van der Waals surface area contributed by atoms with Crippen molar-refractivity contribution in [3.05, 3.63) is 101 Å². The first kappa shape index (κ1) is 18.9. The largest absolute Gasteiger partial charge is 0.274 e. The number of H-pyrrole nitrogens is 2. The molecule has 0 atom stereocenters. The number of benzene rings is 3. The van der Waals surface area contributed by atoms with Crippen molar-refractivity contribution in [3.63, 3.8) is 0 Å². The van der Waals surface area contributed by atoms with Gasteiger partial charge < -0.3 is 0 Å². The van der Waals surface area contributed by atoms with Crippen molar-refractivity contribution >= 4 is 18.4 Å². The second-order valence-electron chi connectivity index (χ2n) is 6.93. The van der Waals surface area contributed by atoms with Crippen LogP contribution in [0.4, 0.5) is 0 Å². The average molecular weight is 423 g/mol. The van der Waals surface area contributed by atoms with Crippen LogP contribution in [0.2, 0.25) is 0 Å². The van der Waals surface area contributed by atoms with E-state index in [-0.39, 0.29) is 0 Å². The maximum absolute atomic E-state index is 5.37. The van der Waals surface area contributed by atoms with E-state index in [1.165, 1.54) is 5.56 Å². The molecule has 2 N–H and O–H groups in total. The minimum absolute atomic E-state index is 0.406. The third kappa shape index (κ3) is 3.99. The lowest BCUT2D eigenvalue weighted by molar-refractivity contribution is 0.865. The zero-order valence-electron chi connectivity index (χ0n) is 16.4. The van der Waals surface area contributed by atoms with Crippen LogP contribution in [0.3, 0.4) is 0 Å². The van der Waals surface area contributed by atoms with Crippen LogP contribution in [0.1, 0.15) is 5.56 Å². The van der Waals surface area contributed by atoms with Gasteiger partial charge in [0.25, 0.3) is 0 Å². The topological polar surface area (TPSA) is 74.7 Å². The summed E-state index contributed by atoms with van der Waals surface area (Å²) in [6.07, 6.45) is 1.76. The molecule has 0 saturated carbocycles. The molecule has 0 aliphatic rings. The molecule has 0 saturated heterocycles. The Morgan fingerprint density at radius 3 is 2.10 bits per heavy atom. The highest BCUT2D eigenvalue weighted by Gasteiger charge is 2.12. The Morgan fingerprint density at radius 2 is 1.39 bits per heavy atom. The lowest BCUT2D eigenvalue weighted by Crippen LogP contribution is -1.95. The van der Waals surface area contributed by atoms with Crippen molar-refractivity contribution in [1.82, 2.24) is 25.1 Å². The Hall–Kier alpha value is -4.10. The fraction of sp³-hybridized carbons (Fsp3) is 0. The Morgan fingerprint density at radius 1 is 0.742 bits per heavy atom. The molecule has 2 aromatic heterocycles. The second-order valence-corrected chi connectivity index (χ2v) is 7.32. The Balaban J connectivity index is 1.41. The summed E-state index contributed by atoms with van der Waals surface area (Å²) in [6.45, 7) is 0. The van der Waals surface area contributed by atoms with Crippen molar-refractivity contribution in [1.29, 1.82) is 0 Å². The number of aromatic amines is 2. The molecule has 0 bridgehead atoms. The van der Waals surface area contributed by atoms with Crippen molar-refractivity contribution in [3.8, 4) is 33.9 Å². The highest BCUT2D eigenvalue weighted by atomic mass is 32.1. The van der Waals surface area contributed by atoms with E-state index in [0.717, 1.165) is 28.1 Å². The minimum atomic E-state index is 0.406.